The zero-order valence-electron chi connectivity index (χ0n) is 17.2. The number of hydrogen-bond acceptors (Lipinski definition) is 4. The fourth-order valence-corrected chi connectivity index (χ4v) is 3.52. The molecule has 2 aromatic carbocycles. The van der Waals surface area contributed by atoms with Crippen molar-refractivity contribution in [1.82, 2.24) is 15.1 Å². The van der Waals surface area contributed by atoms with E-state index in [1.165, 1.54) is 17.7 Å². The first-order valence-electron chi connectivity index (χ1n) is 10.1. The smallest absolute Gasteiger partial charge is 0.335 e. The highest BCUT2D eigenvalue weighted by Crippen LogP contribution is 2.13. The van der Waals surface area contributed by atoms with Crippen LogP contribution in [0.2, 0.25) is 5.02 Å². The number of nitrogens with one attached hydrogen (secondary N) is 2. The van der Waals surface area contributed by atoms with Crippen molar-refractivity contribution < 1.29 is 14.7 Å². The van der Waals surface area contributed by atoms with Crippen molar-refractivity contribution in [3.63, 3.8) is 0 Å². The highest BCUT2D eigenvalue weighted by molar-refractivity contribution is 6.30. The summed E-state index contributed by atoms with van der Waals surface area (Å²) in [5.41, 5.74) is 2.03. The van der Waals surface area contributed by atoms with E-state index >= 15 is 0 Å². The van der Waals surface area contributed by atoms with Gasteiger partial charge in [0, 0.05) is 50.0 Å². The summed E-state index contributed by atoms with van der Waals surface area (Å²) < 4.78 is 0. The van der Waals surface area contributed by atoms with Gasteiger partial charge < -0.3 is 20.6 Å². The predicted molar refractivity (Wildman–Crippen MR) is 125 cm³/mol. The molecule has 9 heteroatoms. The molecule has 7 nitrogen and oxygen atoms in total. The monoisotopic (exact) mass is 466 g/mol. The second-order valence-corrected chi connectivity index (χ2v) is 7.80. The number of anilines is 1. The minimum Gasteiger partial charge on any atom is -0.478 e. The van der Waals surface area contributed by atoms with E-state index in [2.05, 4.69) is 32.6 Å². The molecule has 1 heterocycles. The molecule has 0 bridgehead atoms. The van der Waals surface area contributed by atoms with Gasteiger partial charge in [-0.3, -0.25) is 4.90 Å². The van der Waals surface area contributed by atoms with E-state index in [0.717, 1.165) is 50.7 Å². The van der Waals surface area contributed by atoms with Gasteiger partial charge in [-0.1, -0.05) is 23.7 Å². The molecule has 1 fully saturated rings. The maximum atomic E-state index is 12.0. The molecule has 3 rings (SSSR count). The van der Waals surface area contributed by atoms with Crippen LogP contribution in [0.1, 0.15) is 22.3 Å². The average Bonchev–Trinajstić information content (AvgIpc) is 2.74. The van der Waals surface area contributed by atoms with Crippen LogP contribution in [0, 0.1) is 0 Å². The molecular formula is C22H28Cl2N4O3. The van der Waals surface area contributed by atoms with Crippen LogP contribution in [0.3, 0.4) is 0 Å². The largest absolute Gasteiger partial charge is 0.478 e. The lowest BCUT2D eigenvalue weighted by Gasteiger charge is -2.34. The highest BCUT2D eigenvalue weighted by Gasteiger charge is 2.16. The molecule has 168 valence electrons. The number of halogens is 2. The number of aromatic carboxylic acids is 1. The minimum absolute atomic E-state index is 0. The number of benzene rings is 2. The van der Waals surface area contributed by atoms with Crippen LogP contribution < -0.4 is 10.6 Å². The Balaban J connectivity index is 0.00000341. The van der Waals surface area contributed by atoms with Crippen molar-refractivity contribution in [3.8, 4) is 0 Å². The lowest BCUT2D eigenvalue weighted by Crippen LogP contribution is -2.46. The Kier molecular flexibility index (Phi) is 10.1. The van der Waals surface area contributed by atoms with Crippen molar-refractivity contribution in [2.75, 3.05) is 44.6 Å². The van der Waals surface area contributed by atoms with Gasteiger partial charge in [-0.05, 0) is 54.9 Å². The third-order valence-corrected chi connectivity index (χ3v) is 5.36. The molecular weight excluding hydrogens is 439 g/mol. The van der Waals surface area contributed by atoms with Gasteiger partial charge in [0.25, 0.3) is 0 Å². The lowest BCUT2D eigenvalue weighted by molar-refractivity contribution is 0.0697. The van der Waals surface area contributed by atoms with E-state index < -0.39 is 5.97 Å². The van der Waals surface area contributed by atoms with Gasteiger partial charge in [0.05, 0.1) is 5.56 Å². The standard InChI is InChI=1S/C22H27ClN4O3.ClH/c23-19-6-2-17(3-7-19)16-27-14-12-26(13-15-27)11-1-10-24-22(30)25-20-8-4-18(5-9-20)21(28)29;/h2-9H,1,10-16H2,(H,28,29)(H2,24,25,30);1H. The number of urea groups is 1. The van der Waals surface area contributed by atoms with Crippen molar-refractivity contribution >= 4 is 41.7 Å². The summed E-state index contributed by atoms with van der Waals surface area (Å²) in [6.07, 6.45) is 0.878. The minimum atomic E-state index is -0.989. The number of piperazine rings is 1. The Morgan fingerprint density at radius 3 is 2.16 bits per heavy atom. The molecule has 3 N–H and O–H groups in total. The maximum Gasteiger partial charge on any atom is 0.335 e. The van der Waals surface area contributed by atoms with Crippen LogP contribution in [0.25, 0.3) is 0 Å². The van der Waals surface area contributed by atoms with Crippen molar-refractivity contribution in [3.05, 3.63) is 64.7 Å². The van der Waals surface area contributed by atoms with E-state index in [1.807, 2.05) is 12.1 Å². The molecule has 1 aliphatic heterocycles. The zero-order valence-corrected chi connectivity index (χ0v) is 18.8. The Morgan fingerprint density at radius 2 is 1.55 bits per heavy atom. The van der Waals surface area contributed by atoms with Crippen LogP contribution in [0.15, 0.2) is 48.5 Å². The molecule has 0 unspecified atom stereocenters. The summed E-state index contributed by atoms with van der Waals surface area (Å²) >= 11 is 5.94. The molecule has 0 saturated carbocycles. The van der Waals surface area contributed by atoms with Gasteiger partial charge in [-0.15, -0.1) is 12.4 Å². The van der Waals surface area contributed by atoms with Gasteiger partial charge >= 0.3 is 12.0 Å². The van der Waals surface area contributed by atoms with Gasteiger partial charge in [0.2, 0.25) is 0 Å². The number of hydrogen-bond donors (Lipinski definition) is 3. The quantitative estimate of drug-likeness (QED) is 0.515. The molecule has 0 radical (unpaired) electrons. The van der Waals surface area contributed by atoms with E-state index in [9.17, 15) is 9.59 Å². The van der Waals surface area contributed by atoms with Crippen molar-refractivity contribution in [2.24, 2.45) is 0 Å². The topological polar surface area (TPSA) is 84.9 Å². The van der Waals surface area contributed by atoms with E-state index in [4.69, 9.17) is 16.7 Å². The summed E-state index contributed by atoms with van der Waals surface area (Å²) in [5.74, 6) is -0.989. The van der Waals surface area contributed by atoms with Crippen LogP contribution >= 0.6 is 24.0 Å². The molecule has 2 amide bonds. The van der Waals surface area contributed by atoms with Crippen LogP contribution in [-0.2, 0) is 6.54 Å². The fourth-order valence-electron chi connectivity index (χ4n) is 3.40. The van der Waals surface area contributed by atoms with Crippen LogP contribution in [0.4, 0.5) is 10.5 Å². The SMILES string of the molecule is Cl.O=C(NCCCN1CCN(Cc2ccc(Cl)cc2)CC1)Nc1ccc(C(=O)O)cc1. The maximum absolute atomic E-state index is 12.0. The Morgan fingerprint density at radius 1 is 0.935 bits per heavy atom. The van der Waals surface area contributed by atoms with E-state index in [1.54, 1.807) is 12.1 Å². The summed E-state index contributed by atoms with van der Waals surface area (Å²) in [6, 6.07) is 13.8. The third-order valence-electron chi connectivity index (χ3n) is 5.11. The van der Waals surface area contributed by atoms with Crippen molar-refractivity contribution in [2.45, 2.75) is 13.0 Å². The molecule has 0 aliphatic carbocycles. The first kappa shape index (κ1) is 24.9. The molecule has 1 saturated heterocycles. The number of carboxylic acid groups (broad SMARTS) is 1. The van der Waals surface area contributed by atoms with Gasteiger partial charge in [-0.2, -0.15) is 0 Å². The van der Waals surface area contributed by atoms with Gasteiger partial charge in [-0.25, -0.2) is 9.59 Å². The second kappa shape index (κ2) is 12.5. The predicted octanol–water partition coefficient (Wildman–Crippen LogP) is 3.79. The molecule has 2 aromatic rings. The number of carboxylic acids is 1. The second-order valence-electron chi connectivity index (χ2n) is 7.36. The summed E-state index contributed by atoms with van der Waals surface area (Å²) in [6.45, 7) is 6.59. The Bertz CT molecular complexity index is 839. The lowest BCUT2D eigenvalue weighted by atomic mass is 10.2. The molecule has 0 spiro atoms. The summed E-state index contributed by atoms with van der Waals surface area (Å²) in [7, 11) is 0. The first-order valence-corrected chi connectivity index (χ1v) is 10.4. The molecule has 0 atom stereocenters. The van der Waals surface area contributed by atoms with E-state index in [-0.39, 0.29) is 24.0 Å². The first-order chi connectivity index (χ1) is 14.5. The third kappa shape index (κ3) is 8.38. The normalized spacial score (nSPS) is 14.5. The zero-order chi connectivity index (χ0) is 21.3. The van der Waals surface area contributed by atoms with Crippen LogP contribution in [-0.4, -0.2) is 66.2 Å². The fraction of sp³-hybridized carbons (Fsp3) is 0.364. The number of amides is 2. The average molecular weight is 467 g/mol. The van der Waals surface area contributed by atoms with Gasteiger partial charge in [0.1, 0.15) is 0 Å². The number of rotatable bonds is 8. The Labute approximate surface area is 193 Å². The summed E-state index contributed by atoms with van der Waals surface area (Å²) in [5, 5.41) is 15.2. The Hall–Kier alpha value is -2.32. The number of carbonyl (C=O) groups is 2. The molecule has 0 aromatic heterocycles. The highest BCUT2D eigenvalue weighted by atomic mass is 35.5. The van der Waals surface area contributed by atoms with Crippen molar-refractivity contribution in [1.29, 1.82) is 0 Å². The number of nitrogens with zero attached hydrogens (tertiary/aromatic N) is 2. The molecule has 1 aliphatic rings. The number of carbonyl (C=O) groups excluding carboxylic acids is 1. The van der Waals surface area contributed by atoms with E-state index in [0.29, 0.717) is 12.2 Å². The molecule has 31 heavy (non-hydrogen) atoms. The summed E-state index contributed by atoms with van der Waals surface area (Å²) in [4.78, 5) is 27.7. The van der Waals surface area contributed by atoms with Crippen LogP contribution in [0.5, 0.6) is 0 Å². The van der Waals surface area contributed by atoms with Gasteiger partial charge in [0.15, 0.2) is 0 Å².